The molecule has 0 aliphatic rings. The fraction of sp³-hybridized carbons (Fsp3) is 0.400. The van der Waals surface area contributed by atoms with E-state index in [4.69, 9.17) is 5.11 Å². The topological polar surface area (TPSA) is 54.4 Å². The van der Waals surface area contributed by atoms with Crippen LogP contribution in [0, 0.1) is 11.8 Å². The summed E-state index contributed by atoms with van der Waals surface area (Å²) >= 11 is 1.28. The van der Waals surface area contributed by atoms with E-state index in [2.05, 4.69) is 0 Å². The lowest BCUT2D eigenvalue weighted by atomic mass is 9.91. The maximum Gasteiger partial charge on any atom is 0.314 e. The van der Waals surface area contributed by atoms with E-state index in [0.717, 1.165) is 0 Å². The Balaban J connectivity index is 2.91. The van der Waals surface area contributed by atoms with Gasteiger partial charge >= 0.3 is 5.97 Å². The van der Waals surface area contributed by atoms with Crippen LogP contribution in [-0.4, -0.2) is 16.9 Å². The van der Waals surface area contributed by atoms with E-state index in [1.807, 2.05) is 0 Å². The summed E-state index contributed by atoms with van der Waals surface area (Å²) in [6, 6.07) is 3.41. The maximum atomic E-state index is 11.7. The van der Waals surface area contributed by atoms with Crippen molar-refractivity contribution < 1.29 is 14.7 Å². The minimum atomic E-state index is -1.04. The lowest BCUT2D eigenvalue weighted by Crippen LogP contribution is -2.28. The van der Waals surface area contributed by atoms with Crippen LogP contribution in [0.4, 0.5) is 0 Å². The van der Waals surface area contributed by atoms with Gasteiger partial charge in [0.05, 0.1) is 4.88 Å². The monoisotopic (exact) mass is 212 g/mol. The minimum Gasteiger partial charge on any atom is -0.481 e. The van der Waals surface area contributed by atoms with Crippen LogP contribution in [0.5, 0.6) is 0 Å². The molecule has 0 aromatic carbocycles. The molecule has 1 aromatic heterocycles. The van der Waals surface area contributed by atoms with Crippen LogP contribution >= 0.6 is 11.3 Å². The molecule has 0 saturated carbocycles. The van der Waals surface area contributed by atoms with E-state index in [9.17, 15) is 9.59 Å². The molecule has 0 amide bonds. The molecule has 0 spiro atoms. The van der Waals surface area contributed by atoms with Gasteiger partial charge in [0, 0.05) is 0 Å². The largest absolute Gasteiger partial charge is 0.481 e. The predicted molar refractivity (Wildman–Crippen MR) is 54.6 cm³/mol. The van der Waals surface area contributed by atoms with Crippen LogP contribution < -0.4 is 0 Å². The second kappa shape index (κ2) is 4.37. The summed E-state index contributed by atoms with van der Waals surface area (Å²) in [4.78, 5) is 23.1. The first kappa shape index (κ1) is 10.9. The van der Waals surface area contributed by atoms with Crippen LogP contribution in [0.25, 0.3) is 0 Å². The van der Waals surface area contributed by atoms with Crippen LogP contribution in [0.15, 0.2) is 17.5 Å². The van der Waals surface area contributed by atoms with E-state index in [0.29, 0.717) is 4.88 Å². The average molecular weight is 212 g/mol. The zero-order valence-electron chi connectivity index (χ0n) is 8.06. The minimum absolute atomic E-state index is 0.179. The van der Waals surface area contributed by atoms with Crippen LogP contribution in [0.3, 0.4) is 0 Å². The number of carbonyl (C=O) groups is 2. The molecular weight excluding hydrogens is 200 g/mol. The van der Waals surface area contributed by atoms with Crippen LogP contribution in [0.2, 0.25) is 0 Å². The fourth-order valence-corrected chi connectivity index (χ4v) is 1.98. The average Bonchev–Trinajstić information content (AvgIpc) is 2.53. The number of hydrogen-bond acceptors (Lipinski definition) is 3. The molecule has 1 heterocycles. The van der Waals surface area contributed by atoms with Gasteiger partial charge in [-0.15, -0.1) is 11.3 Å². The number of rotatable bonds is 4. The second-order valence-electron chi connectivity index (χ2n) is 3.40. The van der Waals surface area contributed by atoms with Crippen molar-refractivity contribution in [1.29, 1.82) is 0 Å². The normalized spacial score (nSPS) is 12.8. The smallest absolute Gasteiger partial charge is 0.314 e. The van der Waals surface area contributed by atoms with Gasteiger partial charge in [-0.25, -0.2) is 0 Å². The Hall–Kier alpha value is -1.16. The summed E-state index contributed by atoms with van der Waals surface area (Å²) in [6.45, 7) is 3.48. The first-order chi connectivity index (χ1) is 6.54. The van der Waals surface area contributed by atoms with Crippen molar-refractivity contribution >= 4 is 23.1 Å². The number of carboxylic acids is 1. The number of hydrogen-bond donors (Lipinski definition) is 1. The van der Waals surface area contributed by atoms with Crippen LogP contribution in [0.1, 0.15) is 23.5 Å². The molecule has 0 aliphatic carbocycles. The molecule has 4 heteroatoms. The van der Waals surface area contributed by atoms with Crippen molar-refractivity contribution in [2.24, 2.45) is 11.8 Å². The van der Waals surface area contributed by atoms with Gasteiger partial charge in [-0.3, -0.25) is 9.59 Å². The van der Waals surface area contributed by atoms with Gasteiger partial charge in [-0.2, -0.15) is 0 Å². The van der Waals surface area contributed by atoms with E-state index in [-0.39, 0.29) is 11.7 Å². The van der Waals surface area contributed by atoms with Gasteiger partial charge in [-0.1, -0.05) is 19.9 Å². The molecule has 0 radical (unpaired) electrons. The Morgan fingerprint density at radius 2 is 2.07 bits per heavy atom. The first-order valence-electron chi connectivity index (χ1n) is 4.34. The molecule has 14 heavy (non-hydrogen) atoms. The van der Waals surface area contributed by atoms with Crippen molar-refractivity contribution in [3.63, 3.8) is 0 Å². The summed E-state index contributed by atoms with van der Waals surface area (Å²) in [5.74, 6) is -2.43. The molecule has 0 bridgehead atoms. The Labute approximate surface area is 86.4 Å². The highest BCUT2D eigenvalue weighted by atomic mass is 32.1. The van der Waals surface area contributed by atoms with Crippen molar-refractivity contribution in [3.05, 3.63) is 22.4 Å². The maximum absolute atomic E-state index is 11.7. The van der Waals surface area contributed by atoms with Crippen molar-refractivity contribution in [2.45, 2.75) is 13.8 Å². The van der Waals surface area contributed by atoms with Gasteiger partial charge in [0.2, 0.25) is 0 Å². The molecule has 1 N–H and O–H groups in total. The number of ketones is 1. The summed E-state index contributed by atoms with van der Waals surface area (Å²) in [7, 11) is 0. The molecule has 1 atom stereocenters. The van der Waals surface area contributed by atoms with Crippen molar-refractivity contribution in [2.75, 3.05) is 0 Å². The SMILES string of the molecule is CC(C)C(C(=O)O)C(=O)c1cccs1. The predicted octanol–water partition coefficient (Wildman–Crippen LogP) is 2.29. The molecule has 76 valence electrons. The number of carboxylic acid groups (broad SMARTS) is 1. The van der Waals surface area contributed by atoms with E-state index in [1.54, 1.807) is 31.4 Å². The second-order valence-corrected chi connectivity index (χ2v) is 4.35. The Morgan fingerprint density at radius 3 is 2.43 bits per heavy atom. The molecular formula is C10H12O3S. The number of aliphatic carboxylic acids is 1. The van der Waals surface area contributed by atoms with Gasteiger partial charge in [-0.05, 0) is 17.4 Å². The fourth-order valence-electron chi connectivity index (χ4n) is 1.27. The van der Waals surface area contributed by atoms with E-state index >= 15 is 0 Å². The number of Topliss-reactive ketones (excluding diaryl/α,β-unsaturated/α-hetero) is 1. The summed E-state index contributed by atoms with van der Waals surface area (Å²) in [6.07, 6.45) is 0. The number of carbonyl (C=O) groups excluding carboxylic acids is 1. The molecule has 3 nitrogen and oxygen atoms in total. The summed E-state index contributed by atoms with van der Waals surface area (Å²) in [5.41, 5.74) is 0. The molecule has 1 aromatic rings. The van der Waals surface area contributed by atoms with Crippen molar-refractivity contribution in [3.8, 4) is 0 Å². The van der Waals surface area contributed by atoms with E-state index < -0.39 is 11.9 Å². The highest BCUT2D eigenvalue weighted by molar-refractivity contribution is 7.12. The molecule has 0 saturated heterocycles. The lowest BCUT2D eigenvalue weighted by molar-refractivity contribution is -0.141. The van der Waals surface area contributed by atoms with Gasteiger partial charge in [0.25, 0.3) is 0 Å². The third kappa shape index (κ3) is 2.20. The van der Waals surface area contributed by atoms with E-state index in [1.165, 1.54) is 11.3 Å². The summed E-state index contributed by atoms with van der Waals surface area (Å²) in [5, 5.41) is 10.7. The zero-order valence-corrected chi connectivity index (χ0v) is 8.88. The quantitative estimate of drug-likeness (QED) is 0.615. The summed E-state index contributed by atoms with van der Waals surface area (Å²) < 4.78 is 0. The Bertz CT molecular complexity index is 327. The highest BCUT2D eigenvalue weighted by Crippen LogP contribution is 2.20. The Kier molecular flexibility index (Phi) is 3.41. The Morgan fingerprint density at radius 1 is 1.43 bits per heavy atom. The van der Waals surface area contributed by atoms with Gasteiger partial charge in [0.1, 0.15) is 5.92 Å². The zero-order chi connectivity index (χ0) is 10.7. The third-order valence-electron chi connectivity index (χ3n) is 1.98. The molecule has 1 unspecified atom stereocenters. The molecule has 0 aliphatic heterocycles. The third-order valence-corrected chi connectivity index (χ3v) is 2.86. The standard InChI is InChI=1S/C10H12O3S/c1-6(2)8(10(12)13)9(11)7-4-3-5-14-7/h3-6,8H,1-2H3,(H,12,13). The van der Waals surface area contributed by atoms with Crippen LogP contribution in [-0.2, 0) is 4.79 Å². The lowest BCUT2D eigenvalue weighted by Gasteiger charge is -2.13. The molecule has 1 rings (SSSR count). The van der Waals surface area contributed by atoms with Crippen molar-refractivity contribution in [1.82, 2.24) is 0 Å². The van der Waals surface area contributed by atoms with Gasteiger partial charge in [0.15, 0.2) is 5.78 Å². The van der Waals surface area contributed by atoms with Gasteiger partial charge < -0.3 is 5.11 Å². The molecule has 0 fully saturated rings. The number of thiophene rings is 1. The highest BCUT2D eigenvalue weighted by Gasteiger charge is 2.30. The first-order valence-corrected chi connectivity index (χ1v) is 5.22.